The maximum atomic E-state index is 14.6. The van der Waals surface area contributed by atoms with E-state index < -0.39 is 5.82 Å². The molecule has 1 aliphatic heterocycles. The number of allylic oxidation sites excluding steroid dienone is 1. The predicted molar refractivity (Wildman–Crippen MR) is 130 cm³/mol. The van der Waals surface area contributed by atoms with Crippen LogP contribution in [0.15, 0.2) is 36.5 Å². The molecule has 4 N–H and O–H groups in total. The van der Waals surface area contributed by atoms with E-state index in [9.17, 15) is 9.18 Å². The number of halogens is 1. The van der Waals surface area contributed by atoms with Gasteiger partial charge in [0.2, 0.25) is 11.9 Å². The minimum absolute atomic E-state index is 0.0498. The summed E-state index contributed by atoms with van der Waals surface area (Å²) in [5, 5.41) is 6.25. The van der Waals surface area contributed by atoms with Crippen LogP contribution in [0.5, 0.6) is 5.75 Å². The minimum atomic E-state index is -0.582. The highest BCUT2D eigenvalue weighted by Crippen LogP contribution is 2.44. The van der Waals surface area contributed by atoms with Crippen LogP contribution in [0.1, 0.15) is 12.0 Å². The first-order valence-electron chi connectivity index (χ1n) is 12.1. The van der Waals surface area contributed by atoms with E-state index in [1.54, 1.807) is 0 Å². The Kier molecular flexibility index (Phi) is 6.83. The van der Waals surface area contributed by atoms with Gasteiger partial charge in [0.05, 0.1) is 25.3 Å². The Morgan fingerprint density at radius 2 is 2.09 bits per heavy atom. The molecule has 0 radical (unpaired) electrons. The molecule has 4 unspecified atom stereocenters. The zero-order valence-corrected chi connectivity index (χ0v) is 19.7. The SMILES string of the molecule is Cc1ccc(Nc2ncc(F)c(NC3C4C=CC(C4)C3C(N)=O)n2)cc1OCCN1CCOCC1. The Morgan fingerprint density at radius 1 is 1.29 bits per heavy atom. The Bertz CT molecular complexity index is 1110. The fourth-order valence-electron chi connectivity index (χ4n) is 5.17. The number of rotatable bonds is 9. The van der Waals surface area contributed by atoms with Crippen molar-refractivity contribution in [2.75, 3.05) is 50.1 Å². The van der Waals surface area contributed by atoms with Crippen LogP contribution in [0.3, 0.4) is 0 Å². The number of aromatic nitrogens is 2. The van der Waals surface area contributed by atoms with Crippen LogP contribution in [0, 0.1) is 30.5 Å². The van der Waals surface area contributed by atoms with Gasteiger partial charge < -0.3 is 25.8 Å². The lowest BCUT2D eigenvalue weighted by molar-refractivity contribution is -0.122. The molecule has 186 valence electrons. The average Bonchev–Trinajstić information content (AvgIpc) is 3.46. The van der Waals surface area contributed by atoms with Gasteiger partial charge in [-0.05, 0) is 36.8 Å². The van der Waals surface area contributed by atoms with Gasteiger partial charge in [0.25, 0.3) is 0 Å². The summed E-state index contributed by atoms with van der Waals surface area (Å²) in [6, 6.07) is 5.45. The largest absolute Gasteiger partial charge is 0.492 e. The summed E-state index contributed by atoms with van der Waals surface area (Å²) in [6.07, 6.45) is 6.04. The Balaban J connectivity index is 1.25. The molecule has 5 rings (SSSR count). The van der Waals surface area contributed by atoms with Gasteiger partial charge in [-0.25, -0.2) is 9.37 Å². The third-order valence-electron chi connectivity index (χ3n) is 7.05. The molecule has 1 aromatic heterocycles. The molecule has 2 heterocycles. The number of aryl methyl sites for hydroxylation is 1. The van der Waals surface area contributed by atoms with E-state index in [-0.39, 0.29) is 41.5 Å². The second-order valence-electron chi connectivity index (χ2n) is 9.34. The Hall–Kier alpha value is -3.24. The lowest BCUT2D eigenvalue weighted by Crippen LogP contribution is -2.41. The van der Waals surface area contributed by atoms with Gasteiger partial charge in [0.1, 0.15) is 12.4 Å². The molecule has 1 saturated carbocycles. The van der Waals surface area contributed by atoms with Crippen molar-refractivity contribution in [2.24, 2.45) is 23.5 Å². The number of hydrogen-bond donors (Lipinski definition) is 3. The number of anilines is 3. The van der Waals surface area contributed by atoms with Gasteiger partial charge in [-0.2, -0.15) is 4.98 Å². The van der Waals surface area contributed by atoms with Gasteiger partial charge in [-0.15, -0.1) is 0 Å². The van der Waals surface area contributed by atoms with E-state index in [1.807, 2.05) is 31.2 Å². The number of nitrogens with one attached hydrogen (secondary N) is 2. The smallest absolute Gasteiger partial charge is 0.229 e. The molecule has 1 saturated heterocycles. The summed E-state index contributed by atoms with van der Waals surface area (Å²) in [7, 11) is 0. The molecule has 2 aliphatic carbocycles. The van der Waals surface area contributed by atoms with Crippen molar-refractivity contribution in [3.05, 3.63) is 47.9 Å². The molecule has 0 spiro atoms. The third kappa shape index (κ3) is 5.23. The standard InChI is InChI=1S/C25H31FN6O3/c1-15-2-5-18(13-20(15)35-11-8-32-6-9-34-10-7-32)29-25-28-14-19(26)24(31-25)30-22-17-4-3-16(12-17)21(22)23(27)33/h2-5,13-14,16-17,21-22H,6-12H2,1H3,(H2,27,33)(H2,28,29,30,31). The zero-order chi connectivity index (χ0) is 24.4. The van der Waals surface area contributed by atoms with Crippen molar-refractivity contribution in [2.45, 2.75) is 19.4 Å². The third-order valence-corrected chi connectivity index (χ3v) is 7.05. The molecule has 1 aromatic carbocycles. The number of benzene rings is 1. The monoisotopic (exact) mass is 482 g/mol. The molecule has 1 amide bonds. The van der Waals surface area contributed by atoms with Crippen LogP contribution in [0.4, 0.5) is 21.8 Å². The van der Waals surface area contributed by atoms with Crippen molar-refractivity contribution in [3.63, 3.8) is 0 Å². The summed E-state index contributed by atoms with van der Waals surface area (Å²) in [5.74, 6) is -0.0780. The fourth-order valence-corrected chi connectivity index (χ4v) is 5.17. The molecule has 10 heteroatoms. The van der Waals surface area contributed by atoms with Crippen LogP contribution in [0.25, 0.3) is 0 Å². The Labute approximate surface area is 203 Å². The van der Waals surface area contributed by atoms with Crippen molar-refractivity contribution >= 4 is 23.4 Å². The van der Waals surface area contributed by atoms with Gasteiger partial charge in [-0.1, -0.05) is 18.2 Å². The van der Waals surface area contributed by atoms with Crippen molar-refractivity contribution < 1.29 is 18.7 Å². The molecular weight excluding hydrogens is 451 g/mol. The van der Waals surface area contributed by atoms with E-state index in [0.29, 0.717) is 6.61 Å². The number of hydrogen-bond acceptors (Lipinski definition) is 8. The second-order valence-corrected chi connectivity index (χ2v) is 9.34. The fraction of sp³-hybridized carbons (Fsp3) is 0.480. The molecule has 2 bridgehead atoms. The summed E-state index contributed by atoms with van der Waals surface area (Å²) < 4.78 is 26.0. The van der Waals surface area contributed by atoms with E-state index >= 15 is 0 Å². The van der Waals surface area contributed by atoms with Gasteiger partial charge >= 0.3 is 0 Å². The lowest BCUT2D eigenvalue weighted by Gasteiger charge is -2.27. The van der Waals surface area contributed by atoms with Gasteiger partial charge in [-0.3, -0.25) is 9.69 Å². The molecule has 9 nitrogen and oxygen atoms in total. The summed E-state index contributed by atoms with van der Waals surface area (Å²) >= 11 is 0. The number of carbonyl (C=O) groups is 1. The van der Waals surface area contributed by atoms with Crippen LogP contribution >= 0.6 is 0 Å². The summed E-state index contributed by atoms with van der Waals surface area (Å²) in [5.41, 5.74) is 7.37. The zero-order valence-electron chi connectivity index (χ0n) is 19.7. The van der Waals surface area contributed by atoms with E-state index in [1.165, 1.54) is 0 Å². The molecule has 4 atom stereocenters. The number of ether oxygens (including phenoxy) is 2. The molecular formula is C25H31FN6O3. The highest BCUT2D eigenvalue weighted by atomic mass is 19.1. The second kappa shape index (κ2) is 10.2. The number of morpholine rings is 1. The van der Waals surface area contributed by atoms with Gasteiger partial charge in [0, 0.05) is 37.4 Å². The van der Waals surface area contributed by atoms with Crippen molar-refractivity contribution in [3.8, 4) is 5.75 Å². The Morgan fingerprint density at radius 3 is 2.89 bits per heavy atom. The van der Waals surface area contributed by atoms with Crippen LogP contribution in [0.2, 0.25) is 0 Å². The van der Waals surface area contributed by atoms with Crippen molar-refractivity contribution in [1.29, 1.82) is 0 Å². The topological polar surface area (TPSA) is 115 Å². The molecule has 3 aliphatic rings. The maximum absolute atomic E-state index is 14.6. The first-order valence-corrected chi connectivity index (χ1v) is 12.1. The number of amides is 1. The number of primary amides is 1. The van der Waals surface area contributed by atoms with E-state index in [2.05, 4.69) is 31.6 Å². The lowest BCUT2D eigenvalue weighted by atomic mass is 9.88. The van der Waals surface area contributed by atoms with Crippen LogP contribution < -0.4 is 21.1 Å². The van der Waals surface area contributed by atoms with Crippen molar-refractivity contribution in [1.82, 2.24) is 14.9 Å². The first-order chi connectivity index (χ1) is 17.0. The minimum Gasteiger partial charge on any atom is -0.492 e. The number of fused-ring (bicyclic) bond motifs is 2. The summed E-state index contributed by atoms with van der Waals surface area (Å²) in [6.45, 7) is 6.75. The number of carbonyl (C=O) groups excluding carboxylic acids is 1. The molecule has 2 fully saturated rings. The highest BCUT2D eigenvalue weighted by Gasteiger charge is 2.47. The van der Waals surface area contributed by atoms with Crippen LogP contribution in [-0.2, 0) is 9.53 Å². The predicted octanol–water partition coefficient (Wildman–Crippen LogP) is 2.47. The van der Waals surface area contributed by atoms with E-state index in [0.717, 1.165) is 62.5 Å². The highest BCUT2D eigenvalue weighted by molar-refractivity contribution is 5.79. The van der Waals surface area contributed by atoms with Crippen LogP contribution in [-0.4, -0.2) is 66.3 Å². The quantitative estimate of drug-likeness (QED) is 0.467. The number of nitrogens with zero attached hydrogens (tertiary/aromatic N) is 3. The molecule has 35 heavy (non-hydrogen) atoms. The van der Waals surface area contributed by atoms with E-state index in [4.69, 9.17) is 15.2 Å². The van der Waals surface area contributed by atoms with Gasteiger partial charge in [0.15, 0.2) is 11.6 Å². The molecule has 2 aromatic rings. The first kappa shape index (κ1) is 23.5. The number of nitrogens with two attached hydrogens (primary N) is 1. The normalized spacial score (nSPS) is 25.5. The maximum Gasteiger partial charge on any atom is 0.229 e. The average molecular weight is 483 g/mol. The summed E-state index contributed by atoms with van der Waals surface area (Å²) in [4.78, 5) is 22.7.